The van der Waals surface area contributed by atoms with Crippen molar-refractivity contribution < 1.29 is 18.6 Å². The van der Waals surface area contributed by atoms with E-state index in [2.05, 4.69) is 31.9 Å². The third-order valence-corrected chi connectivity index (χ3v) is 5.52. The largest absolute Gasteiger partial charge is 0.454 e. The second kappa shape index (κ2) is 8.39. The van der Waals surface area contributed by atoms with Crippen LogP contribution in [-0.2, 0) is 6.54 Å². The zero-order chi connectivity index (χ0) is 21.2. The summed E-state index contributed by atoms with van der Waals surface area (Å²) in [5, 5.41) is 0. The second-order valence-electron chi connectivity index (χ2n) is 7.68. The summed E-state index contributed by atoms with van der Waals surface area (Å²) in [4.78, 5) is 13.3. The Morgan fingerprint density at radius 2 is 1.81 bits per heavy atom. The van der Waals surface area contributed by atoms with Crippen LogP contribution in [0.3, 0.4) is 0 Å². The average molecular weight is 422 g/mol. The lowest BCUT2D eigenvalue weighted by Crippen LogP contribution is -2.46. The number of fused-ring (bicyclic) bond motifs is 1. The Labute approximate surface area is 180 Å². The summed E-state index contributed by atoms with van der Waals surface area (Å²) in [6.45, 7) is 6.53. The smallest absolute Gasteiger partial charge is 0.231 e. The molecule has 160 valence electrons. The second-order valence-corrected chi connectivity index (χ2v) is 7.68. The number of hydrogen-bond acceptors (Lipinski definition) is 7. The van der Waals surface area contributed by atoms with E-state index in [1.165, 1.54) is 24.0 Å². The van der Waals surface area contributed by atoms with E-state index in [-0.39, 0.29) is 5.82 Å². The minimum atomic E-state index is -0.285. The maximum atomic E-state index is 13.3. The van der Waals surface area contributed by atoms with Crippen LogP contribution < -0.4 is 19.1 Å². The summed E-state index contributed by atoms with van der Waals surface area (Å²) in [5.74, 6) is 3.20. The molecule has 1 saturated heterocycles. The van der Waals surface area contributed by atoms with Gasteiger partial charge in [0.15, 0.2) is 11.5 Å². The van der Waals surface area contributed by atoms with E-state index in [9.17, 15) is 4.39 Å². The normalized spacial score (nSPS) is 15.9. The van der Waals surface area contributed by atoms with Gasteiger partial charge in [0.1, 0.15) is 23.7 Å². The highest BCUT2D eigenvalue weighted by molar-refractivity contribution is 5.45. The van der Waals surface area contributed by atoms with Crippen molar-refractivity contribution >= 4 is 5.82 Å². The number of aromatic nitrogens is 2. The van der Waals surface area contributed by atoms with Gasteiger partial charge < -0.3 is 19.1 Å². The fourth-order valence-electron chi connectivity index (χ4n) is 3.83. The lowest BCUT2D eigenvalue weighted by Gasteiger charge is -2.35. The molecule has 1 fully saturated rings. The van der Waals surface area contributed by atoms with Crippen LogP contribution in [0.2, 0.25) is 0 Å². The number of piperazine rings is 1. The van der Waals surface area contributed by atoms with Gasteiger partial charge in [-0.05, 0) is 48.4 Å². The van der Waals surface area contributed by atoms with E-state index in [0.29, 0.717) is 18.4 Å². The molecular formula is C23H23FN4O3. The van der Waals surface area contributed by atoms with Crippen LogP contribution in [0.4, 0.5) is 10.2 Å². The molecule has 1 aromatic heterocycles. The van der Waals surface area contributed by atoms with Gasteiger partial charge in [-0.3, -0.25) is 4.90 Å². The molecule has 3 heterocycles. The molecule has 2 aliphatic heterocycles. The first-order chi connectivity index (χ1) is 15.1. The lowest BCUT2D eigenvalue weighted by atomic mass is 10.1. The molecule has 0 bridgehead atoms. The molecule has 0 atom stereocenters. The van der Waals surface area contributed by atoms with Crippen molar-refractivity contribution in [3.05, 3.63) is 65.7 Å². The van der Waals surface area contributed by atoms with Gasteiger partial charge in [-0.1, -0.05) is 6.07 Å². The van der Waals surface area contributed by atoms with Gasteiger partial charge in [-0.15, -0.1) is 0 Å². The van der Waals surface area contributed by atoms with Crippen molar-refractivity contribution in [1.29, 1.82) is 0 Å². The van der Waals surface area contributed by atoms with Gasteiger partial charge in [-0.2, -0.15) is 0 Å². The Kier molecular flexibility index (Phi) is 5.30. The first-order valence-corrected chi connectivity index (χ1v) is 10.3. The molecular weight excluding hydrogens is 399 g/mol. The van der Waals surface area contributed by atoms with Crippen molar-refractivity contribution in [2.75, 3.05) is 37.9 Å². The number of rotatable bonds is 5. The Hall–Kier alpha value is -3.39. The van der Waals surface area contributed by atoms with Crippen molar-refractivity contribution in [3.63, 3.8) is 0 Å². The van der Waals surface area contributed by atoms with Crippen LogP contribution in [0.15, 0.2) is 48.8 Å². The molecule has 7 nitrogen and oxygen atoms in total. The van der Waals surface area contributed by atoms with E-state index in [1.54, 1.807) is 13.0 Å². The Bertz CT molecular complexity index is 1090. The highest BCUT2D eigenvalue weighted by Crippen LogP contribution is 2.33. The summed E-state index contributed by atoms with van der Waals surface area (Å²) in [6, 6.07) is 12.4. The van der Waals surface area contributed by atoms with Gasteiger partial charge >= 0.3 is 0 Å². The lowest BCUT2D eigenvalue weighted by molar-refractivity contribution is 0.174. The predicted octanol–water partition coefficient (Wildman–Crippen LogP) is 3.77. The molecule has 3 aromatic rings. The number of anilines is 1. The molecule has 0 spiro atoms. The van der Waals surface area contributed by atoms with Crippen LogP contribution in [0, 0.1) is 12.7 Å². The SMILES string of the molecule is Cc1cc(F)ccc1Oc1cc(N2CCN(Cc3ccc4c(c3)OCO4)CC2)ncn1. The van der Waals surface area contributed by atoms with Crippen LogP contribution in [-0.4, -0.2) is 47.8 Å². The maximum absolute atomic E-state index is 13.3. The summed E-state index contributed by atoms with van der Waals surface area (Å²) in [7, 11) is 0. The molecule has 2 aliphatic rings. The first-order valence-electron chi connectivity index (χ1n) is 10.3. The predicted molar refractivity (Wildman–Crippen MR) is 113 cm³/mol. The average Bonchev–Trinajstić information content (AvgIpc) is 3.24. The molecule has 0 radical (unpaired) electrons. The number of hydrogen-bond donors (Lipinski definition) is 0. The molecule has 0 N–H and O–H groups in total. The van der Waals surface area contributed by atoms with E-state index >= 15 is 0 Å². The van der Waals surface area contributed by atoms with Crippen molar-refractivity contribution in [2.45, 2.75) is 13.5 Å². The number of halogens is 1. The summed E-state index contributed by atoms with van der Waals surface area (Å²) < 4.78 is 30.0. The molecule has 8 heteroatoms. The highest BCUT2D eigenvalue weighted by Gasteiger charge is 2.20. The number of nitrogens with zero attached hydrogens (tertiary/aromatic N) is 4. The topological polar surface area (TPSA) is 60.0 Å². The van der Waals surface area contributed by atoms with Crippen molar-refractivity contribution in [3.8, 4) is 23.1 Å². The highest BCUT2D eigenvalue weighted by atomic mass is 19.1. The maximum Gasteiger partial charge on any atom is 0.231 e. The van der Waals surface area contributed by atoms with Crippen LogP contribution >= 0.6 is 0 Å². The summed E-state index contributed by atoms with van der Waals surface area (Å²) >= 11 is 0. The van der Waals surface area contributed by atoms with Crippen molar-refractivity contribution in [2.24, 2.45) is 0 Å². The zero-order valence-corrected chi connectivity index (χ0v) is 17.3. The quantitative estimate of drug-likeness (QED) is 0.620. The van der Waals surface area contributed by atoms with Gasteiger partial charge in [-0.25, -0.2) is 14.4 Å². The Morgan fingerprint density at radius 1 is 0.968 bits per heavy atom. The first kappa shape index (κ1) is 19.6. The molecule has 31 heavy (non-hydrogen) atoms. The van der Waals surface area contributed by atoms with Gasteiger partial charge in [0, 0.05) is 38.8 Å². The molecule has 2 aromatic carbocycles. The minimum absolute atomic E-state index is 0.285. The Morgan fingerprint density at radius 3 is 2.65 bits per heavy atom. The fourth-order valence-corrected chi connectivity index (χ4v) is 3.83. The zero-order valence-electron chi connectivity index (χ0n) is 17.3. The molecule has 0 aliphatic carbocycles. The summed E-state index contributed by atoms with van der Waals surface area (Å²) in [5.41, 5.74) is 1.93. The summed E-state index contributed by atoms with van der Waals surface area (Å²) in [6.07, 6.45) is 1.50. The number of benzene rings is 2. The van der Waals surface area contributed by atoms with Crippen LogP contribution in [0.5, 0.6) is 23.1 Å². The minimum Gasteiger partial charge on any atom is -0.454 e. The van der Waals surface area contributed by atoms with Gasteiger partial charge in [0.2, 0.25) is 12.7 Å². The Balaban J connectivity index is 1.20. The monoisotopic (exact) mass is 422 g/mol. The van der Waals surface area contributed by atoms with E-state index in [0.717, 1.165) is 55.6 Å². The fraction of sp³-hybridized carbons (Fsp3) is 0.304. The standard InChI is InChI=1S/C23H23FN4O3/c1-16-10-18(24)3-5-19(16)31-23-12-22(25-14-26-23)28-8-6-27(7-9-28)13-17-2-4-20-21(11-17)30-15-29-20/h2-5,10-12,14H,6-9,13,15H2,1H3. The van der Waals surface area contributed by atoms with E-state index < -0.39 is 0 Å². The number of aryl methyl sites for hydroxylation is 1. The molecule has 5 rings (SSSR count). The number of ether oxygens (including phenoxy) is 3. The van der Waals surface area contributed by atoms with Gasteiger partial charge in [0.25, 0.3) is 0 Å². The van der Waals surface area contributed by atoms with Crippen molar-refractivity contribution in [1.82, 2.24) is 14.9 Å². The van der Waals surface area contributed by atoms with Crippen LogP contribution in [0.1, 0.15) is 11.1 Å². The van der Waals surface area contributed by atoms with Crippen LogP contribution in [0.25, 0.3) is 0 Å². The third-order valence-electron chi connectivity index (χ3n) is 5.52. The molecule has 0 amide bonds. The molecule has 0 unspecified atom stereocenters. The molecule has 0 saturated carbocycles. The third kappa shape index (κ3) is 4.39. The van der Waals surface area contributed by atoms with E-state index in [1.807, 2.05) is 12.1 Å². The van der Waals surface area contributed by atoms with Gasteiger partial charge in [0.05, 0.1) is 0 Å². The van der Waals surface area contributed by atoms with E-state index in [4.69, 9.17) is 14.2 Å².